The molecule has 0 N–H and O–H groups in total. The van der Waals surface area contributed by atoms with Crippen LogP contribution in [0.15, 0.2) is 60.7 Å². The maximum atomic E-state index is 12.7. The standard InChI is InChI=1S/C24H29NO3S/c1-19(2)22-11-8-20(9-12-22)10-13-24(26)25-16-14-23(15-17-25)29(27,28)18-21-6-4-3-5-7-21/h3-13,19,23H,14-18H2,1-2H3/b13-10+. The molecular weight excluding hydrogens is 382 g/mol. The molecule has 1 saturated heterocycles. The van der Waals surface area contributed by atoms with Crippen molar-refractivity contribution in [3.8, 4) is 0 Å². The monoisotopic (exact) mass is 411 g/mol. The van der Waals surface area contributed by atoms with E-state index in [1.807, 2.05) is 48.5 Å². The number of carbonyl (C=O) groups is 1. The van der Waals surface area contributed by atoms with Crippen LogP contribution in [0.25, 0.3) is 6.08 Å². The first kappa shape index (κ1) is 21.3. The molecule has 0 radical (unpaired) electrons. The molecule has 0 unspecified atom stereocenters. The van der Waals surface area contributed by atoms with Gasteiger partial charge in [-0.15, -0.1) is 0 Å². The van der Waals surface area contributed by atoms with Crippen molar-refractivity contribution in [3.05, 3.63) is 77.4 Å². The molecule has 0 aliphatic carbocycles. The summed E-state index contributed by atoms with van der Waals surface area (Å²) in [5, 5.41) is -0.376. The van der Waals surface area contributed by atoms with E-state index in [1.165, 1.54) is 5.56 Å². The maximum Gasteiger partial charge on any atom is 0.246 e. The summed E-state index contributed by atoms with van der Waals surface area (Å²) < 4.78 is 25.4. The zero-order valence-electron chi connectivity index (χ0n) is 17.1. The third-order valence-electron chi connectivity index (χ3n) is 5.49. The molecule has 4 nitrogen and oxygen atoms in total. The lowest BCUT2D eigenvalue weighted by molar-refractivity contribution is -0.126. The van der Waals surface area contributed by atoms with Crippen molar-refractivity contribution in [2.24, 2.45) is 0 Å². The van der Waals surface area contributed by atoms with Crippen molar-refractivity contribution in [2.45, 2.75) is 43.6 Å². The van der Waals surface area contributed by atoms with Crippen molar-refractivity contribution in [3.63, 3.8) is 0 Å². The summed E-state index contributed by atoms with van der Waals surface area (Å²) in [6.45, 7) is 5.26. The SMILES string of the molecule is CC(C)c1ccc(/C=C/C(=O)N2CCC(S(=O)(=O)Cc3ccccc3)CC2)cc1. The highest BCUT2D eigenvalue weighted by Crippen LogP contribution is 2.22. The Hall–Kier alpha value is -2.40. The van der Waals surface area contributed by atoms with Gasteiger partial charge in [-0.1, -0.05) is 68.4 Å². The Morgan fingerprint density at radius 3 is 2.24 bits per heavy atom. The first-order chi connectivity index (χ1) is 13.8. The summed E-state index contributed by atoms with van der Waals surface area (Å²) >= 11 is 0. The Balaban J connectivity index is 1.53. The smallest absolute Gasteiger partial charge is 0.246 e. The average molecular weight is 412 g/mol. The predicted octanol–water partition coefficient (Wildman–Crippen LogP) is 4.43. The minimum absolute atomic E-state index is 0.0585. The molecule has 5 heteroatoms. The van der Waals surface area contributed by atoms with Crippen LogP contribution in [0.5, 0.6) is 0 Å². The highest BCUT2D eigenvalue weighted by atomic mass is 32.2. The number of piperidine rings is 1. The van der Waals surface area contributed by atoms with Gasteiger partial charge in [-0.2, -0.15) is 0 Å². The molecule has 2 aromatic rings. The fourth-order valence-electron chi connectivity index (χ4n) is 3.62. The van der Waals surface area contributed by atoms with E-state index in [4.69, 9.17) is 0 Å². The van der Waals surface area contributed by atoms with Gasteiger partial charge in [0.05, 0.1) is 11.0 Å². The molecule has 1 heterocycles. The molecule has 0 saturated carbocycles. The van der Waals surface area contributed by atoms with Gasteiger partial charge in [-0.25, -0.2) is 8.42 Å². The van der Waals surface area contributed by atoms with Gasteiger partial charge >= 0.3 is 0 Å². The van der Waals surface area contributed by atoms with Crippen molar-refractivity contribution >= 4 is 21.8 Å². The first-order valence-corrected chi connectivity index (χ1v) is 11.9. The van der Waals surface area contributed by atoms with E-state index in [0.717, 1.165) is 11.1 Å². The van der Waals surface area contributed by atoms with Crippen LogP contribution >= 0.6 is 0 Å². The zero-order chi connectivity index (χ0) is 20.9. The molecule has 3 rings (SSSR count). The summed E-state index contributed by atoms with van der Waals surface area (Å²) in [6, 6.07) is 17.5. The van der Waals surface area contributed by atoms with Gasteiger partial charge in [0.15, 0.2) is 9.84 Å². The van der Waals surface area contributed by atoms with Gasteiger partial charge in [0, 0.05) is 19.2 Å². The molecule has 0 spiro atoms. The highest BCUT2D eigenvalue weighted by molar-refractivity contribution is 7.91. The fraction of sp³-hybridized carbons (Fsp3) is 0.375. The number of hydrogen-bond donors (Lipinski definition) is 0. The van der Waals surface area contributed by atoms with Gasteiger partial charge in [0.25, 0.3) is 0 Å². The minimum atomic E-state index is -3.21. The number of carbonyl (C=O) groups excluding carboxylic acids is 1. The number of benzene rings is 2. The lowest BCUT2D eigenvalue weighted by atomic mass is 10.0. The Morgan fingerprint density at radius 1 is 1.03 bits per heavy atom. The number of amides is 1. The molecular formula is C24H29NO3S. The van der Waals surface area contributed by atoms with E-state index in [0.29, 0.717) is 31.8 Å². The molecule has 2 aromatic carbocycles. The number of hydrogen-bond acceptors (Lipinski definition) is 3. The Bertz CT molecular complexity index is 939. The van der Waals surface area contributed by atoms with Crippen molar-refractivity contribution in [2.75, 3.05) is 13.1 Å². The molecule has 1 aliphatic rings. The summed E-state index contributed by atoms with van der Waals surface area (Å²) in [7, 11) is -3.21. The van der Waals surface area contributed by atoms with Crippen LogP contribution < -0.4 is 0 Å². The van der Waals surface area contributed by atoms with E-state index >= 15 is 0 Å². The number of likely N-dealkylation sites (tertiary alicyclic amines) is 1. The lowest BCUT2D eigenvalue weighted by Crippen LogP contribution is -2.42. The number of nitrogens with zero attached hydrogens (tertiary/aromatic N) is 1. The normalized spacial score (nSPS) is 15.9. The van der Waals surface area contributed by atoms with Gasteiger partial charge < -0.3 is 4.90 Å². The van der Waals surface area contributed by atoms with E-state index in [2.05, 4.69) is 26.0 Å². The van der Waals surface area contributed by atoms with Gasteiger partial charge in [0.2, 0.25) is 5.91 Å². The largest absolute Gasteiger partial charge is 0.339 e. The van der Waals surface area contributed by atoms with Crippen LogP contribution in [0.1, 0.15) is 49.3 Å². The molecule has 0 atom stereocenters. The van der Waals surface area contributed by atoms with E-state index in [1.54, 1.807) is 11.0 Å². The van der Waals surface area contributed by atoms with E-state index in [-0.39, 0.29) is 16.9 Å². The Labute approximate surface area is 174 Å². The number of sulfone groups is 1. The van der Waals surface area contributed by atoms with Crippen molar-refractivity contribution in [1.29, 1.82) is 0 Å². The molecule has 0 aromatic heterocycles. The third-order valence-corrected chi connectivity index (χ3v) is 7.72. The van der Waals surface area contributed by atoms with Crippen LogP contribution in [-0.4, -0.2) is 37.6 Å². The molecule has 29 heavy (non-hydrogen) atoms. The van der Waals surface area contributed by atoms with Gasteiger partial charge in [-0.05, 0) is 41.5 Å². The van der Waals surface area contributed by atoms with E-state index < -0.39 is 9.84 Å². The molecule has 154 valence electrons. The van der Waals surface area contributed by atoms with Crippen LogP contribution in [0, 0.1) is 0 Å². The summed E-state index contributed by atoms with van der Waals surface area (Å²) in [6.07, 6.45) is 4.41. The maximum absolute atomic E-state index is 12.7. The third kappa shape index (κ3) is 5.80. The predicted molar refractivity (Wildman–Crippen MR) is 118 cm³/mol. The van der Waals surface area contributed by atoms with Crippen LogP contribution in [0.2, 0.25) is 0 Å². The second kappa shape index (κ2) is 9.40. The Kier molecular flexibility index (Phi) is 6.91. The minimum Gasteiger partial charge on any atom is -0.339 e. The van der Waals surface area contributed by atoms with Crippen molar-refractivity contribution < 1.29 is 13.2 Å². The molecule has 0 bridgehead atoms. The summed E-state index contributed by atoms with van der Waals surface area (Å²) in [4.78, 5) is 14.2. The summed E-state index contributed by atoms with van der Waals surface area (Å²) in [5.74, 6) is 0.490. The highest BCUT2D eigenvalue weighted by Gasteiger charge is 2.31. The summed E-state index contributed by atoms with van der Waals surface area (Å²) in [5.41, 5.74) is 3.08. The molecule has 1 fully saturated rings. The van der Waals surface area contributed by atoms with E-state index in [9.17, 15) is 13.2 Å². The second-order valence-electron chi connectivity index (χ2n) is 7.97. The van der Waals surface area contributed by atoms with Crippen molar-refractivity contribution in [1.82, 2.24) is 4.90 Å². The molecule has 1 aliphatic heterocycles. The first-order valence-electron chi connectivity index (χ1n) is 10.2. The van der Waals surface area contributed by atoms with Crippen LogP contribution in [0.3, 0.4) is 0 Å². The fourth-order valence-corrected chi connectivity index (χ4v) is 5.45. The quantitative estimate of drug-likeness (QED) is 0.661. The molecule has 1 amide bonds. The average Bonchev–Trinajstić information content (AvgIpc) is 2.73. The van der Waals surface area contributed by atoms with Crippen LogP contribution in [0.4, 0.5) is 0 Å². The van der Waals surface area contributed by atoms with Gasteiger partial charge in [-0.3, -0.25) is 4.79 Å². The zero-order valence-corrected chi connectivity index (χ0v) is 17.9. The number of rotatable bonds is 6. The topological polar surface area (TPSA) is 54.5 Å². The lowest BCUT2D eigenvalue weighted by Gasteiger charge is -2.31. The van der Waals surface area contributed by atoms with Gasteiger partial charge in [0.1, 0.15) is 0 Å². The van der Waals surface area contributed by atoms with Crippen LogP contribution in [-0.2, 0) is 20.4 Å². The second-order valence-corrected chi connectivity index (χ2v) is 10.3. The Morgan fingerprint density at radius 2 is 1.66 bits per heavy atom.